The molecule has 3 N–H and O–H groups in total. The van der Waals surface area contributed by atoms with Gasteiger partial charge in [-0.1, -0.05) is 0 Å². The van der Waals surface area contributed by atoms with E-state index in [1.165, 1.54) is 0 Å². The van der Waals surface area contributed by atoms with Crippen LogP contribution in [-0.2, 0) is 0 Å². The number of carbonyl (C=O) groups is 1. The van der Waals surface area contributed by atoms with Crippen molar-refractivity contribution in [3.05, 3.63) is 0 Å². The van der Waals surface area contributed by atoms with E-state index in [1.807, 2.05) is 20.8 Å². The van der Waals surface area contributed by atoms with Gasteiger partial charge in [-0.3, -0.25) is 0 Å². The summed E-state index contributed by atoms with van der Waals surface area (Å²) in [6, 6.07) is -0.247. The number of urea groups is 1. The Morgan fingerprint density at radius 2 is 2.00 bits per heavy atom. The Balaban J connectivity index is 3.61. The molecule has 0 rings (SSSR count). The average molecular weight is 174 g/mol. The largest absolute Gasteiger partial charge is 0.392 e. The summed E-state index contributed by atoms with van der Waals surface area (Å²) < 4.78 is 0. The van der Waals surface area contributed by atoms with Crippen molar-refractivity contribution in [3.8, 4) is 0 Å². The van der Waals surface area contributed by atoms with Gasteiger partial charge in [0.05, 0.1) is 6.10 Å². The van der Waals surface area contributed by atoms with Crippen molar-refractivity contribution in [3.63, 3.8) is 0 Å². The van der Waals surface area contributed by atoms with Crippen molar-refractivity contribution >= 4 is 6.03 Å². The lowest BCUT2D eigenvalue weighted by molar-refractivity contribution is 0.185. The Labute approximate surface area is 73.3 Å². The second-order valence-corrected chi connectivity index (χ2v) is 3.93. The second-order valence-electron chi connectivity index (χ2n) is 3.93. The van der Waals surface area contributed by atoms with Crippen LogP contribution in [0.5, 0.6) is 0 Å². The van der Waals surface area contributed by atoms with Gasteiger partial charge in [0.15, 0.2) is 0 Å². The van der Waals surface area contributed by atoms with Crippen LogP contribution in [0, 0.1) is 0 Å². The molecule has 1 atom stereocenters. The highest BCUT2D eigenvalue weighted by Crippen LogP contribution is 1.97. The molecule has 0 heterocycles. The minimum absolute atomic E-state index is 0.233. The van der Waals surface area contributed by atoms with Gasteiger partial charge in [0.25, 0.3) is 0 Å². The Hall–Kier alpha value is -0.770. The van der Waals surface area contributed by atoms with Crippen LogP contribution in [0.4, 0.5) is 4.79 Å². The van der Waals surface area contributed by atoms with Crippen LogP contribution >= 0.6 is 0 Å². The standard InChI is InChI=1S/C8H18N2O2/c1-6(11)5-9-7(12)10-8(2,3)4/h6,11H,5H2,1-4H3,(H2,9,10,12)/t6-/m1/s1. The van der Waals surface area contributed by atoms with Gasteiger partial charge >= 0.3 is 6.03 Å². The first-order valence-corrected chi connectivity index (χ1v) is 4.05. The van der Waals surface area contributed by atoms with Crippen LogP contribution in [0.25, 0.3) is 0 Å². The fourth-order valence-corrected chi connectivity index (χ4v) is 0.625. The molecule has 0 radical (unpaired) electrons. The predicted molar refractivity (Wildman–Crippen MR) is 48.0 cm³/mol. The quantitative estimate of drug-likeness (QED) is 0.569. The van der Waals surface area contributed by atoms with Crippen LogP contribution in [0.2, 0.25) is 0 Å². The lowest BCUT2D eigenvalue weighted by Crippen LogP contribution is -2.47. The molecular weight excluding hydrogens is 156 g/mol. The van der Waals surface area contributed by atoms with Crippen LogP contribution < -0.4 is 10.6 Å². The Morgan fingerprint density at radius 1 is 1.50 bits per heavy atom. The maximum Gasteiger partial charge on any atom is 0.315 e. The predicted octanol–water partition coefficient (Wildman–Crippen LogP) is 0.465. The van der Waals surface area contributed by atoms with E-state index in [4.69, 9.17) is 5.11 Å². The van der Waals surface area contributed by atoms with E-state index in [2.05, 4.69) is 10.6 Å². The smallest absolute Gasteiger partial charge is 0.315 e. The van der Waals surface area contributed by atoms with E-state index in [-0.39, 0.29) is 18.1 Å². The first-order chi connectivity index (χ1) is 5.31. The average Bonchev–Trinajstić information content (AvgIpc) is 1.79. The summed E-state index contributed by atoms with van der Waals surface area (Å²) in [6.45, 7) is 7.60. The van der Waals surface area contributed by atoms with E-state index < -0.39 is 6.10 Å². The van der Waals surface area contributed by atoms with Crippen molar-refractivity contribution in [2.24, 2.45) is 0 Å². The van der Waals surface area contributed by atoms with E-state index in [9.17, 15) is 4.79 Å². The highest BCUT2D eigenvalue weighted by Gasteiger charge is 2.12. The number of nitrogens with one attached hydrogen (secondary N) is 2. The molecule has 4 heteroatoms. The molecule has 0 aromatic heterocycles. The zero-order valence-corrected chi connectivity index (χ0v) is 8.14. The number of rotatable bonds is 2. The molecule has 0 aromatic rings. The Kier molecular flexibility index (Phi) is 4.03. The third-order valence-corrected chi connectivity index (χ3v) is 1.05. The summed E-state index contributed by atoms with van der Waals surface area (Å²) in [5, 5.41) is 14.1. The van der Waals surface area contributed by atoms with Gasteiger partial charge in [-0.15, -0.1) is 0 Å². The fraction of sp³-hybridized carbons (Fsp3) is 0.875. The monoisotopic (exact) mass is 174 g/mol. The lowest BCUT2D eigenvalue weighted by atomic mass is 10.1. The van der Waals surface area contributed by atoms with Gasteiger partial charge in [0.2, 0.25) is 0 Å². The van der Waals surface area contributed by atoms with E-state index >= 15 is 0 Å². The molecule has 0 fully saturated rings. The molecule has 0 aliphatic heterocycles. The summed E-state index contributed by atoms with van der Waals surface area (Å²) in [4.78, 5) is 11.0. The second kappa shape index (κ2) is 4.30. The topological polar surface area (TPSA) is 61.4 Å². The first-order valence-electron chi connectivity index (χ1n) is 4.05. The third-order valence-electron chi connectivity index (χ3n) is 1.05. The number of hydrogen-bond donors (Lipinski definition) is 3. The molecule has 0 unspecified atom stereocenters. The SMILES string of the molecule is C[C@@H](O)CNC(=O)NC(C)(C)C. The fourth-order valence-electron chi connectivity index (χ4n) is 0.625. The highest BCUT2D eigenvalue weighted by molar-refractivity contribution is 5.74. The molecule has 0 aromatic carbocycles. The Morgan fingerprint density at radius 3 is 2.33 bits per heavy atom. The van der Waals surface area contributed by atoms with Gasteiger partial charge in [-0.2, -0.15) is 0 Å². The van der Waals surface area contributed by atoms with Crippen LogP contribution in [0.1, 0.15) is 27.7 Å². The van der Waals surface area contributed by atoms with Crippen LogP contribution in [-0.4, -0.2) is 29.3 Å². The molecule has 12 heavy (non-hydrogen) atoms. The maximum atomic E-state index is 11.0. The summed E-state index contributed by atoms with van der Waals surface area (Å²) >= 11 is 0. The van der Waals surface area contributed by atoms with Gasteiger partial charge in [-0.25, -0.2) is 4.79 Å². The Bertz CT molecular complexity index is 150. The molecule has 0 spiro atoms. The number of hydrogen-bond acceptors (Lipinski definition) is 2. The summed E-state index contributed by atoms with van der Waals surface area (Å²) in [5.41, 5.74) is -0.233. The third kappa shape index (κ3) is 7.34. The maximum absolute atomic E-state index is 11.0. The van der Waals surface area contributed by atoms with Crippen LogP contribution in [0.15, 0.2) is 0 Å². The normalized spacial score (nSPS) is 13.8. The number of amides is 2. The number of carbonyl (C=O) groups excluding carboxylic acids is 1. The summed E-state index contributed by atoms with van der Waals surface area (Å²) in [5.74, 6) is 0. The van der Waals surface area contributed by atoms with Crippen molar-refractivity contribution in [1.82, 2.24) is 10.6 Å². The van der Waals surface area contributed by atoms with Gasteiger partial charge < -0.3 is 15.7 Å². The molecule has 0 saturated carbocycles. The van der Waals surface area contributed by atoms with Crippen molar-refractivity contribution in [1.29, 1.82) is 0 Å². The van der Waals surface area contributed by atoms with Crippen molar-refractivity contribution in [2.75, 3.05) is 6.54 Å². The van der Waals surface area contributed by atoms with Gasteiger partial charge in [0.1, 0.15) is 0 Å². The van der Waals surface area contributed by atoms with Crippen molar-refractivity contribution < 1.29 is 9.90 Å². The molecule has 4 nitrogen and oxygen atoms in total. The molecule has 0 bridgehead atoms. The molecule has 0 saturated heterocycles. The van der Waals surface area contributed by atoms with E-state index in [0.717, 1.165) is 0 Å². The van der Waals surface area contributed by atoms with Gasteiger partial charge in [-0.05, 0) is 27.7 Å². The van der Waals surface area contributed by atoms with Gasteiger partial charge in [0, 0.05) is 12.1 Å². The zero-order chi connectivity index (χ0) is 9.78. The molecule has 2 amide bonds. The minimum Gasteiger partial charge on any atom is -0.392 e. The summed E-state index contributed by atoms with van der Waals surface area (Å²) in [7, 11) is 0. The minimum atomic E-state index is -0.504. The van der Waals surface area contributed by atoms with Crippen molar-refractivity contribution in [2.45, 2.75) is 39.3 Å². The molecule has 0 aliphatic carbocycles. The van der Waals surface area contributed by atoms with E-state index in [1.54, 1.807) is 6.92 Å². The zero-order valence-electron chi connectivity index (χ0n) is 8.14. The highest BCUT2D eigenvalue weighted by atomic mass is 16.3. The van der Waals surface area contributed by atoms with Crippen LogP contribution in [0.3, 0.4) is 0 Å². The number of aliphatic hydroxyl groups excluding tert-OH is 1. The molecular formula is C8H18N2O2. The number of aliphatic hydroxyl groups is 1. The first kappa shape index (κ1) is 11.2. The van der Waals surface area contributed by atoms with E-state index in [0.29, 0.717) is 0 Å². The molecule has 0 aliphatic rings. The molecule has 72 valence electrons. The summed E-state index contributed by atoms with van der Waals surface area (Å²) in [6.07, 6.45) is -0.504. The lowest BCUT2D eigenvalue weighted by Gasteiger charge is -2.21.